The van der Waals surface area contributed by atoms with Crippen molar-refractivity contribution in [2.45, 2.75) is 0 Å². The molecule has 0 unspecified atom stereocenters. The number of phenols is 1. The van der Waals surface area contributed by atoms with E-state index in [1.807, 2.05) is 24.3 Å². The highest BCUT2D eigenvalue weighted by Gasteiger charge is 2.16. The zero-order chi connectivity index (χ0) is 16.7. The molecule has 2 aromatic heterocycles. The molecule has 2 heterocycles. The number of nitrogens with zero attached hydrogens (tertiary/aromatic N) is 2. The first-order chi connectivity index (χ1) is 11.6. The van der Waals surface area contributed by atoms with E-state index in [0.29, 0.717) is 5.65 Å². The van der Waals surface area contributed by atoms with E-state index in [1.54, 1.807) is 34.7 Å². The number of imidazole rings is 1. The Bertz CT molecular complexity index is 1020. The first kappa shape index (κ1) is 14.9. The average Bonchev–Trinajstić information content (AvgIpc) is 2.95. The maximum absolute atomic E-state index is 13.8. The molecule has 0 aliphatic heterocycles. The SMILES string of the molecule is Oc1ccc(-c2nc3ccc(F)cn3c2-c2ccc(Br)cc2)cc1. The van der Waals surface area contributed by atoms with Crippen LogP contribution in [-0.2, 0) is 0 Å². The number of aromatic hydroxyl groups is 1. The molecule has 0 atom stereocenters. The second-order valence-electron chi connectivity index (χ2n) is 5.44. The molecule has 0 bridgehead atoms. The number of aromatic nitrogens is 2. The van der Waals surface area contributed by atoms with E-state index in [9.17, 15) is 9.50 Å². The maximum Gasteiger partial charge on any atom is 0.139 e. The summed E-state index contributed by atoms with van der Waals surface area (Å²) in [6.07, 6.45) is 1.43. The summed E-state index contributed by atoms with van der Waals surface area (Å²) < 4.78 is 16.5. The monoisotopic (exact) mass is 382 g/mol. The van der Waals surface area contributed by atoms with Gasteiger partial charge in [-0.25, -0.2) is 9.37 Å². The van der Waals surface area contributed by atoms with Crippen LogP contribution in [0.25, 0.3) is 28.2 Å². The first-order valence-electron chi connectivity index (χ1n) is 7.35. The van der Waals surface area contributed by atoms with E-state index in [-0.39, 0.29) is 11.6 Å². The molecule has 4 rings (SSSR count). The fraction of sp³-hybridized carbons (Fsp3) is 0. The van der Waals surface area contributed by atoms with Gasteiger partial charge in [0.05, 0.1) is 11.4 Å². The van der Waals surface area contributed by atoms with Crippen LogP contribution in [0.4, 0.5) is 4.39 Å². The van der Waals surface area contributed by atoms with Crippen LogP contribution in [0.2, 0.25) is 0 Å². The topological polar surface area (TPSA) is 37.5 Å². The fourth-order valence-electron chi connectivity index (χ4n) is 2.72. The highest BCUT2D eigenvalue weighted by molar-refractivity contribution is 9.10. The summed E-state index contributed by atoms with van der Waals surface area (Å²) in [4.78, 5) is 4.66. The number of phenolic OH excluding ortho intramolecular Hbond substituents is 1. The van der Waals surface area contributed by atoms with Crippen molar-refractivity contribution in [2.24, 2.45) is 0 Å². The van der Waals surface area contributed by atoms with Crippen LogP contribution in [0.15, 0.2) is 71.3 Å². The standard InChI is InChI=1S/C19H12BrFN2O/c20-14-5-1-13(2-6-14)19-18(12-3-8-16(24)9-4-12)22-17-10-7-15(21)11-23(17)19/h1-11,24H. The molecule has 0 saturated carbocycles. The lowest BCUT2D eigenvalue weighted by molar-refractivity contribution is 0.475. The average molecular weight is 383 g/mol. The third kappa shape index (κ3) is 2.57. The summed E-state index contributed by atoms with van der Waals surface area (Å²) in [5.74, 6) is -0.130. The summed E-state index contributed by atoms with van der Waals surface area (Å²) in [6.45, 7) is 0. The molecule has 1 N–H and O–H groups in total. The van der Waals surface area contributed by atoms with E-state index in [1.165, 1.54) is 12.3 Å². The second-order valence-corrected chi connectivity index (χ2v) is 6.35. The molecular formula is C19H12BrFN2O. The molecule has 0 aliphatic rings. The Kier molecular flexibility index (Phi) is 3.58. The predicted octanol–water partition coefficient (Wildman–Crippen LogP) is 5.28. The summed E-state index contributed by atoms with van der Waals surface area (Å²) in [6, 6.07) is 17.7. The fourth-order valence-corrected chi connectivity index (χ4v) is 2.99. The Balaban J connectivity index is 2.03. The second kappa shape index (κ2) is 5.76. The number of benzene rings is 2. The van der Waals surface area contributed by atoms with Gasteiger partial charge in [0.15, 0.2) is 0 Å². The number of hydrogen-bond acceptors (Lipinski definition) is 2. The third-order valence-corrected chi connectivity index (χ3v) is 4.37. The molecular weight excluding hydrogens is 371 g/mol. The van der Waals surface area contributed by atoms with Crippen molar-refractivity contribution in [1.29, 1.82) is 0 Å². The number of halogens is 2. The molecule has 118 valence electrons. The van der Waals surface area contributed by atoms with Gasteiger partial charge in [-0.3, -0.25) is 4.40 Å². The zero-order valence-corrected chi connectivity index (χ0v) is 14.0. The summed E-state index contributed by atoms with van der Waals surface area (Å²) in [7, 11) is 0. The van der Waals surface area contributed by atoms with Gasteiger partial charge in [-0.2, -0.15) is 0 Å². The van der Waals surface area contributed by atoms with Crippen molar-refractivity contribution in [3.8, 4) is 28.3 Å². The quantitative estimate of drug-likeness (QED) is 0.512. The minimum absolute atomic E-state index is 0.193. The van der Waals surface area contributed by atoms with Gasteiger partial charge in [-0.1, -0.05) is 28.1 Å². The van der Waals surface area contributed by atoms with Crippen molar-refractivity contribution in [1.82, 2.24) is 9.38 Å². The van der Waals surface area contributed by atoms with Gasteiger partial charge in [0.25, 0.3) is 0 Å². The molecule has 0 fully saturated rings. The Morgan fingerprint density at radius 2 is 1.54 bits per heavy atom. The maximum atomic E-state index is 13.8. The molecule has 0 aliphatic carbocycles. The first-order valence-corrected chi connectivity index (χ1v) is 8.14. The van der Waals surface area contributed by atoms with Gasteiger partial charge < -0.3 is 5.11 Å². The van der Waals surface area contributed by atoms with Crippen molar-refractivity contribution in [2.75, 3.05) is 0 Å². The smallest absolute Gasteiger partial charge is 0.139 e. The molecule has 3 nitrogen and oxygen atoms in total. The van der Waals surface area contributed by atoms with Crippen molar-refractivity contribution in [3.63, 3.8) is 0 Å². The third-order valence-electron chi connectivity index (χ3n) is 3.84. The van der Waals surface area contributed by atoms with Crippen LogP contribution in [0, 0.1) is 5.82 Å². The van der Waals surface area contributed by atoms with E-state index >= 15 is 0 Å². The predicted molar refractivity (Wildman–Crippen MR) is 95.4 cm³/mol. The Hall–Kier alpha value is -2.66. The molecule has 0 spiro atoms. The minimum Gasteiger partial charge on any atom is -0.508 e. The van der Waals surface area contributed by atoms with Crippen LogP contribution >= 0.6 is 15.9 Å². The zero-order valence-electron chi connectivity index (χ0n) is 12.4. The number of pyridine rings is 1. The highest BCUT2D eigenvalue weighted by Crippen LogP contribution is 2.34. The van der Waals surface area contributed by atoms with E-state index in [0.717, 1.165) is 27.0 Å². The molecule has 4 aromatic rings. The summed E-state index contributed by atoms with van der Waals surface area (Å²) >= 11 is 3.43. The van der Waals surface area contributed by atoms with Crippen molar-refractivity contribution < 1.29 is 9.50 Å². The Labute approximate surface area is 146 Å². The van der Waals surface area contributed by atoms with E-state index < -0.39 is 0 Å². The Morgan fingerprint density at radius 3 is 2.25 bits per heavy atom. The normalized spacial score (nSPS) is 11.1. The molecule has 0 saturated heterocycles. The van der Waals surface area contributed by atoms with Crippen LogP contribution < -0.4 is 0 Å². The van der Waals surface area contributed by atoms with Gasteiger partial charge in [0.1, 0.15) is 17.2 Å². The number of hydrogen-bond donors (Lipinski definition) is 1. The molecule has 0 amide bonds. The van der Waals surface area contributed by atoms with Crippen molar-refractivity contribution in [3.05, 3.63) is 77.2 Å². The summed E-state index contributed by atoms with van der Waals surface area (Å²) in [5.41, 5.74) is 4.00. The largest absolute Gasteiger partial charge is 0.508 e. The Morgan fingerprint density at radius 1 is 0.875 bits per heavy atom. The van der Waals surface area contributed by atoms with Crippen LogP contribution in [0.3, 0.4) is 0 Å². The lowest BCUT2D eigenvalue weighted by atomic mass is 10.0. The molecule has 0 radical (unpaired) electrons. The van der Waals surface area contributed by atoms with Gasteiger partial charge >= 0.3 is 0 Å². The van der Waals surface area contributed by atoms with Gasteiger partial charge in [-0.05, 0) is 48.5 Å². The van der Waals surface area contributed by atoms with Crippen LogP contribution in [0.5, 0.6) is 5.75 Å². The number of rotatable bonds is 2. The molecule has 24 heavy (non-hydrogen) atoms. The lowest BCUT2D eigenvalue weighted by Crippen LogP contribution is -1.91. The van der Waals surface area contributed by atoms with E-state index in [4.69, 9.17) is 0 Å². The number of fused-ring (bicyclic) bond motifs is 1. The lowest BCUT2D eigenvalue weighted by Gasteiger charge is -2.06. The van der Waals surface area contributed by atoms with E-state index in [2.05, 4.69) is 20.9 Å². The summed E-state index contributed by atoms with van der Waals surface area (Å²) in [5, 5.41) is 9.52. The molecule has 5 heteroatoms. The highest BCUT2D eigenvalue weighted by atomic mass is 79.9. The van der Waals surface area contributed by atoms with Crippen LogP contribution in [-0.4, -0.2) is 14.5 Å². The van der Waals surface area contributed by atoms with Gasteiger partial charge in [0.2, 0.25) is 0 Å². The minimum atomic E-state index is -0.324. The molecule has 2 aromatic carbocycles. The van der Waals surface area contributed by atoms with Gasteiger partial charge in [0, 0.05) is 21.8 Å². The van der Waals surface area contributed by atoms with Crippen molar-refractivity contribution >= 4 is 21.6 Å². The van der Waals surface area contributed by atoms with Crippen LogP contribution in [0.1, 0.15) is 0 Å². The van der Waals surface area contributed by atoms with Gasteiger partial charge in [-0.15, -0.1) is 0 Å².